The van der Waals surface area contributed by atoms with Crippen LogP contribution in [-0.2, 0) is 16.6 Å². The molecule has 1 aromatic carbocycles. The van der Waals surface area contributed by atoms with Gasteiger partial charge in [-0.2, -0.15) is 4.31 Å². The van der Waals surface area contributed by atoms with Crippen molar-refractivity contribution in [1.82, 2.24) is 9.62 Å². The highest BCUT2D eigenvalue weighted by Crippen LogP contribution is 2.24. The molecule has 0 aromatic heterocycles. The third kappa shape index (κ3) is 3.99. The summed E-state index contributed by atoms with van der Waals surface area (Å²) in [5.74, 6) is -1.75. The Morgan fingerprint density at radius 3 is 2.38 bits per heavy atom. The first-order chi connectivity index (χ1) is 9.89. The normalized spacial score (nSPS) is 12.1. The Kier molecular flexibility index (Phi) is 6.70. The Hall–Kier alpha value is -1.05. The molecule has 0 atom stereocenters. The van der Waals surface area contributed by atoms with E-state index in [0.717, 1.165) is 12.1 Å². The molecule has 0 heterocycles. The number of rotatable bonds is 8. The number of benzene rings is 1. The van der Waals surface area contributed by atoms with Gasteiger partial charge in [-0.05, 0) is 25.1 Å². The monoisotopic (exact) mass is 320 g/mol. The van der Waals surface area contributed by atoms with Crippen molar-refractivity contribution in [3.63, 3.8) is 0 Å². The first-order valence-electron chi connectivity index (χ1n) is 7.07. The van der Waals surface area contributed by atoms with Crippen molar-refractivity contribution in [2.45, 2.75) is 38.6 Å². The van der Waals surface area contributed by atoms with E-state index in [9.17, 15) is 17.2 Å². The zero-order valence-electron chi connectivity index (χ0n) is 12.6. The van der Waals surface area contributed by atoms with Gasteiger partial charge in [0.15, 0.2) is 5.82 Å². The van der Waals surface area contributed by atoms with E-state index in [1.807, 2.05) is 6.92 Å². The Morgan fingerprint density at radius 1 is 1.19 bits per heavy atom. The zero-order chi connectivity index (χ0) is 16.0. The Morgan fingerprint density at radius 2 is 1.86 bits per heavy atom. The lowest BCUT2D eigenvalue weighted by molar-refractivity contribution is 0.421. The van der Waals surface area contributed by atoms with Crippen LogP contribution in [0.5, 0.6) is 0 Å². The van der Waals surface area contributed by atoms with Crippen molar-refractivity contribution in [3.05, 3.63) is 29.3 Å². The van der Waals surface area contributed by atoms with Crippen LogP contribution in [0.15, 0.2) is 17.0 Å². The van der Waals surface area contributed by atoms with Gasteiger partial charge in [0.2, 0.25) is 10.0 Å². The minimum absolute atomic E-state index is 0.0442. The Labute approximate surface area is 125 Å². The summed E-state index contributed by atoms with van der Waals surface area (Å²) in [6.07, 6.45) is 0.625. The van der Waals surface area contributed by atoms with E-state index in [1.165, 1.54) is 4.31 Å². The number of sulfonamides is 1. The highest BCUT2D eigenvalue weighted by molar-refractivity contribution is 7.89. The summed E-state index contributed by atoms with van der Waals surface area (Å²) >= 11 is 0. The smallest absolute Gasteiger partial charge is 0.245 e. The van der Waals surface area contributed by atoms with Gasteiger partial charge in [-0.15, -0.1) is 0 Å². The van der Waals surface area contributed by atoms with E-state index in [1.54, 1.807) is 13.8 Å². The SMILES string of the molecule is CCCN(CC)S(=O)(=O)c1ccc(F)c(CNCC)c1F. The summed E-state index contributed by atoms with van der Waals surface area (Å²) < 4.78 is 54.2. The lowest BCUT2D eigenvalue weighted by atomic mass is 10.2. The molecule has 0 unspecified atom stereocenters. The maximum absolute atomic E-state index is 14.4. The van der Waals surface area contributed by atoms with E-state index in [0.29, 0.717) is 19.5 Å². The third-order valence-electron chi connectivity index (χ3n) is 3.15. The molecule has 21 heavy (non-hydrogen) atoms. The van der Waals surface area contributed by atoms with Crippen LogP contribution in [0.1, 0.15) is 32.8 Å². The second-order valence-corrected chi connectivity index (χ2v) is 6.52. The molecule has 4 nitrogen and oxygen atoms in total. The lowest BCUT2D eigenvalue weighted by Gasteiger charge is -2.21. The maximum Gasteiger partial charge on any atom is 0.245 e. The average Bonchev–Trinajstić information content (AvgIpc) is 2.44. The molecule has 0 saturated carbocycles. The van der Waals surface area contributed by atoms with Crippen molar-refractivity contribution in [3.8, 4) is 0 Å². The first-order valence-corrected chi connectivity index (χ1v) is 8.51. The Bertz CT molecular complexity index is 577. The van der Waals surface area contributed by atoms with Gasteiger partial charge in [-0.25, -0.2) is 17.2 Å². The molecule has 1 aromatic rings. The van der Waals surface area contributed by atoms with Crippen LogP contribution in [0.3, 0.4) is 0 Å². The number of nitrogens with zero attached hydrogens (tertiary/aromatic N) is 1. The average molecular weight is 320 g/mol. The van der Waals surface area contributed by atoms with Crippen molar-refractivity contribution in [2.24, 2.45) is 0 Å². The quantitative estimate of drug-likeness (QED) is 0.800. The van der Waals surface area contributed by atoms with Crippen LogP contribution in [0.2, 0.25) is 0 Å². The summed E-state index contributed by atoms with van der Waals surface area (Å²) in [5, 5.41) is 2.80. The number of hydrogen-bond donors (Lipinski definition) is 1. The Balaban J connectivity index is 3.30. The summed E-state index contributed by atoms with van der Waals surface area (Å²) in [5.41, 5.74) is -0.245. The molecule has 0 aliphatic rings. The molecule has 0 saturated heterocycles. The van der Waals surface area contributed by atoms with Gasteiger partial charge in [-0.1, -0.05) is 20.8 Å². The molecule has 0 spiro atoms. The van der Waals surface area contributed by atoms with E-state index >= 15 is 0 Å². The van der Waals surface area contributed by atoms with Gasteiger partial charge in [0, 0.05) is 25.2 Å². The summed E-state index contributed by atoms with van der Waals surface area (Å²) in [7, 11) is -3.94. The predicted octanol–water partition coefficient (Wildman–Crippen LogP) is 2.49. The minimum atomic E-state index is -3.94. The van der Waals surface area contributed by atoms with E-state index in [-0.39, 0.29) is 18.7 Å². The van der Waals surface area contributed by atoms with Gasteiger partial charge in [0.25, 0.3) is 0 Å². The number of nitrogens with one attached hydrogen (secondary N) is 1. The highest BCUT2D eigenvalue weighted by atomic mass is 32.2. The molecule has 0 aliphatic heterocycles. The molecule has 0 amide bonds. The summed E-state index contributed by atoms with van der Waals surface area (Å²) in [6.45, 7) is 6.37. The van der Waals surface area contributed by atoms with Gasteiger partial charge in [0.1, 0.15) is 10.7 Å². The van der Waals surface area contributed by atoms with E-state index in [2.05, 4.69) is 5.32 Å². The molecule has 1 rings (SSSR count). The van der Waals surface area contributed by atoms with Crippen LogP contribution in [0.25, 0.3) is 0 Å². The zero-order valence-corrected chi connectivity index (χ0v) is 13.4. The van der Waals surface area contributed by atoms with Crippen molar-refractivity contribution < 1.29 is 17.2 Å². The molecular formula is C14H22F2N2O2S. The van der Waals surface area contributed by atoms with Crippen LogP contribution < -0.4 is 5.32 Å². The van der Waals surface area contributed by atoms with Gasteiger partial charge in [0.05, 0.1) is 0 Å². The molecule has 0 radical (unpaired) electrons. The predicted molar refractivity (Wildman–Crippen MR) is 78.5 cm³/mol. The molecule has 0 aliphatic carbocycles. The summed E-state index contributed by atoms with van der Waals surface area (Å²) in [6, 6.07) is 2.00. The molecular weight excluding hydrogens is 298 g/mol. The molecule has 7 heteroatoms. The van der Waals surface area contributed by atoms with Crippen LogP contribution >= 0.6 is 0 Å². The fourth-order valence-electron chi connectivity index (χ4n) is 2.02. The molecule has 0 fully saturated rings. The van der Waals surface area contributed by atoms with E-state index < -0.39 is 26.6 Å². The number of halogens is 2. The van der Waals surface area contributed by atoms with Gasteiger partial charge < -0.3 is 5.32 Å². The topological polar surface area (TPSA) is 49.4 Å². The van der Waals surface area contributed by atoms with E-state index in [4.69, 9.17) is 0 Å². The van der Waals surface area contributed by atoms with Crippen LogP contribution in [-0.4, -0.2) is 32.4 Å². The fourth-order valence-corrected chi connectivity index (χ4v) is 3.65. The van der Waals surface area contributed by atoms with Crippen molar-refractivity contribution in [2.75, 3.05) is 19.6 Å². The van der Waals surface area contributed by atoms with Gasteiger partial charge >= 0.3 is 0 Å². The van der Waals surface area contributed by atoms with Gasteiger partial charge in [-0.3, -0.25) is 0 Å². The number of hydrogen-bond acceptors (Lipinski definition) is 3. The largest absolute Gasteiger partial charge is 0.313 e. The second-order valence-electron chi connectivity index (χ2n) is 4.62. The van der Waals surface area contributed by atoms with Crippen molar-refractivity contribution >= 4 is 10.0 Å². The molecule has 120 valence electrons. The van der Waals surface area contributed by atoms with Crippen molar-refractivity contribution in [1.29, 1.82) is 0 Å². The fraction of sp³-hybridized carbons (Fsp3) is 0.571. The van der Waals surface area contributed by atoms with Crippen LogP contribution in [0, 0.1) is 11.6 Å². The summed E-state index contributed by atoms with van der Waals surface area (Å²) in [4.78, 5) is -0.466. The molecule has 0 bridgehead atoms. The first kappa shape index (κ1) is 18.0. The third-order valence-corrected chi connectivity index (χ3v) is 5.14. The highest BCUT2D eigenvalue weighted by Gasteiger charge is 2.28. The maximum atomic E-state index is 14.4. The standard InChI is InChI=1S/C14H22F2N2O2S/c1-4-9-18(6-3)21(19,20)13-8-7-12(15)11(14(13)16)10-17-5-2/h7-8,17H,4-6,9-10H2,1-3H3. The van der Waals surface area contributed by atoms with Crippen LogP contribution in [0.4, 0.5) is 8.78 Å². The molecule has 1 N–H and O–H groups in total. The second kappa shape index (κ2) is 7.82. The minimum Gasteiger partial charge on any atom is -0.313 e. The lowest BCUT2D eigenvalue weighted by Crippen LogP contribution is -2.32.